The molecule has 0 fully saturated rings. The smallest absolute Gasteiger partial charge is 0.0562 e. The van der Waals surface area contributed by atoms with E-state index in [4.69, 9.17) is 0 Å². The molecule has 0 bridgehead atoms. The second-order valence-electron chi connectivity index (χ2n) is 14.5. The van der Waals surface area contributed by atoms with Crippen LogP contribution in [0.4, 0.5) is 17.1 Å². The SMILES string of the molecule is c1ccc(-c2c(-c3ccccc3)c3cc(N(c4ccccc4)c4cccc5c4c4ccccc4n5-c4cccc5ccccc45)ccc3c3ccccc23)cc1. The first-order valence-electron chi connectivity index (χ1n) is 19.3. The van der Waals surface area contributed by atoms with Crippen molar-refractivity contribution in [2.75, 3.05) is 4.90 Å². The van der Waals surface area contributed by atoms with Gasteiger partial charge in [0, 0.05) is 27.5 Å². The van der Waals surface area contributed by atoms with E-state index in [0.717, 1.165) is 17.1 Å². The van der Waals surface area contributed by atoms with Crippen LogP contribution in [-0.2, 0) is 0 Å². The molecule has 11 aromatic rings. The molecule has 56 heavy (non-hydrogen) atoms. The summed E-state index contributed by atoms with van der Waals surface area (Å²) in [5.74, 6) is 0. The Labute approximate surface area is 325 Å². The number of nitrogens with zero attached hydrogens (tertiary/aromatic N) is 2. The van der Waals surface area contributed by atoms with Crippen molar-refractivity contribution in [1.29, 1.82) is 0 Å². The van der Waals surface area contributed by atoms with E-state index >= 15 is 0 Å². The Hall–Kier alpha value is -7.42. The second-order valence-corrected chi connectivity index (χ2v) is 14.5. The van der Waals surface area contributed by atoms with Crippen LogP contribution in [0.1, 0.15) is 0 Å². The van der Waals surface area contributed by atoms with Gasteiger partial charge in [0.2, 0.25) is 0 Å². The van der Waals surface area contributed by atoms with E-state index in [-0.39, 0.29) is 0 Å². The topological polar surface area (TPSA) is 8.17 Å². The summed E-state index contributed by atoms with van der Waals surface area (Å²) in [5, 5.41) is 9.85. The Kier molecular flexibility index (Phi) is 7.53. The number of rotatable bonds is 6. The zero-order valence-electron chi connectivity index (χ0n) is 30.7. The molecule has 262 valence electrons. The number of para-hydroxylation sites is 2. The Morgan fingerprint density at radius 1 is 0.321 bits per heavy atom. The van der Waals surface area contributed by atoms with Gasteiger partial charge in [0.05, 0.1) is 22.4 Å². The zero-order chi connectivity index (χ0) is 37.0. The molecule has 2 heteroatoms. The maximum Gasteiger partial charge on any atom is 0.0562 e. The summed E-state index contributed by atoms with van der Waals surface area (Å²) in [7, 11) is 0. The number of hydrogen-bond donors (Lipinski definition) is 0. The maximum atomic E-state index is 2.45. The lowest BCUT2D eigenvalue weighted by Gasteiger charge is -2.28. The Morgan fingerprint density at radius 2 is 0.857 bits per heavy atom. The molecule has 10 aromatic carbocycles. The fraction of sp³-hybridized carbons (Fsp3) is 0. The third-order valence-corrected chi connectivity index (χ3v) is 11.3. The number of fused-ring (bicyclic) bond motifs is 7. The van der Waals surface area contributed by atoms with E-state index in [2.05, 4.69) is 228 Å². The van der Waals surface area contributed by atoms with Gasteiger partial charge in [-0.05, 0) is 97.7 Å². The van der Waals surface area contributed by atoms with Crippen molar-refractivity contribution >= 4 is 71.2 Å². The van der Waals surface area contributed by atoms with Gasteiger partial charge in [0.25, 0.3) is 0 Å². The maximum absolute atomic E-state index is 2.45. The van der Waals surface area contributed by atoms with E-state index < -0.39 is 0 Å². The molecule has 0 amide bonds. The molecule has 0 saturated carbocycles. The number of hydrogen-bond acceptors (Lipinski definition) is 1. The summed E-state index contributed by atoms with van der Waals surface area (Å²) in [5.41, 5.74) is 11.8. The van der Waals surface area contributed by atoms with E-state index in [0.29, 0.717) is 0 Å². The fourth-order valence-electron chi connectivity index (χ4n) is 8.98. The van der Waals surface area contributed by atoms with Crippen LogP contribution in [0.15, 0.2) is 218 Å². The third-order valence-electron chi connectivity index (χ3n) is 11.3. The summed E-state index contributed by atoms with van der Waals surface area (Å²) < 4.78 is 2.45. The van der Waals surface area contributed by atoms with E-state index in [1.165, 1.54) is 82.1 Å². The quantitative estimate of drug-likeness (QED) is 0.156. The predicted octanol–water partition coefficient (Wildman–Crippen LogP) is 15.0. The lowest BCUT2D eigenvalue weighted by molar-refractivity contribution is 1.20. The van der Waals surface area contributed by atoms with Crippen LogP contribution in [0, 0.1) is 0 Å². The van der Waals surface area contributed by atoms with Gasteiger partial charge in [0.15, 0.2) is 0 Å². The summed E-state index contributed by atoms with van der Waals surface area (Å²) in [6, 6.07) is 79.5. The Balaban J connectivity index is 1.24. The first-order chi connectivity index (χ1) is 27.8. The van der Waals surface area contributed by atoms with Gasteiger partial charge < -0.3 is 9.47 Å². The van der Waals surface area contributed by atoms with Gasteiger partial charge >= 0.3 is 0 Å². The van der Waals surface area contributed by atoms with Crippen LogP contribution in [-0.4, -0.2) is 4.57 Å². The summed E-state index contributed by atoms with van der Waals surface area (Å²) in [6.07, 6.45) is 0. The van der Waals surface area contributed by atoms with Gasteiger partial charge in [0.1, 0.15) is 0 Å². The van der Waals surface area contributed by atoms with E-state index in [1.54, 1.807) is 0 Å². The lowest BCUT2D eigenvalue weighted by atomic mass is 9.85. The van der Waals surface area contributed by atoms with Crippen molar-refractivity contribution in [2.24, 2.45) is 0 Å². The molecular weight excluding hydrogens is 677 g/mol. The highest BCUT2D eigenvalue weighted by atomic mass is 15.1. The number of anilines is 3. The van der Waals surface area contributed by atoms with Crippen LogP contribution < -0.4 is 4.90 Å². The summed E-state index contributed by atoms with van der Waals surface area (Å²) in [6.45, 7) is 0. The highest BCUT2D eigenvalue weighted by molar-refractivity contribution is 6.23. The van der Waals surface area contributed by atoms with Crippen LogP contribution in [0.3, 0.4) is 0 Å². The Morgan fingerprint density at radius 3 is 1.61 bits per heavy atom. The van der Waals surface area contributed by atoms with Crippen molar-refractivity contribution in [3.8, 4) is 27.9 Å². The van der Waals surface area contributed by atoms with Crippen LogP contribution >= 0.6 is 0 Å². The average molecular weight is 713 g/mol. The molecule has 1 heterocycles. The first kappa shape index (κ1) is 32.0. The van der Waals surface area contributed by atoms with Crippen molar-refractivity contribution in [3.05, 3.63) is 218 Å². The minimum atomic E-state index is 1.10. The predicted molar refractivity (Wildman–Crippen MR) is 239 cm³/mol. The molecule has 0 unspecified atom stereocenters. The van der Waals surface area contributed by atoms with E-state index in [9.17, 15) is 0 Å². The van der Waals surface area contributed by atoms with Gasteiger partial charge in [-0.15, -0.1) is 0 Å². The molecule has 0 aliphatic carbocycles. The molecule has 2 nitrogen and oxygen atoms in total. The van der Waals surface area contributed by atoms with Crippen LogP contribution in [0.25, 0.3) is 82.1 Å². The summed E-state index contributed by atoms with van der Waals surface area (Å²) >= 11 is 0. The van der Waals surface area contributed by atoms with Crippen molar-refractivity contribution in [2.45, 2.75) is 0 Å². The number of benzene rings is 10. The highest BCUT2D eigenvalue weighted by Gasteiger charge is 2.23. The van der Waals surface area contributed by atoms with Crippen molar-refractivity contribution < 1.29 is 0 Å². The van der Waals surface area contributed by atoms with Crippen LogP contribution in [0.5, 0.6) is 0 Å². The minimum Gasteiger partial charge on any atom is -0.310 e. The monoisotopic (exact) mass is 712 g/mol. The van der Waals surface area contributed by atoms with Gasteiger partial charge in [-0.2, -0.15) is 0 Å². The molecule has 0 N–H and O–H groups in total. The molecule has 0 spiro atoms. The molecule has 0 atom stereocenters. The molecule has 1 aromatic heterocycles. The molecule has 0 aliphatic heterocycles. The Bertz CT molecular complexity index is 3230. The molecule has 0 saturated heterocycles. The van der Waals surface area contributed by atoms with E-state index in [1.807, 2.05) is 0 Å². The van der Waals surface area contributed by atoms with Crippen LogP contribution in [0.2, 0.25) is 0 Å². The van der Waals surface area contributed by atoms with Crippen molar-refractivity contribution in [3.63, 3.8) is 0 Å². The lowest BCUT2D eigenvalue weighted by Crippen LogP contribution is -2.10. The highest BCUT2D eigenvalue weighted by Crippen LogP contribution is 2.48. The largest absolute Gasteiger partial charge is 0.310 e. The normalized spacial score (nSPS) is 11.6. The van der Waals surface area contributed by atoms with Gasteiger partial charge in [-0.1, -0.05) is 170 Å². The minimum absolute atomic E-state index is 1.10. The zero-order valence-corrected chi connectivity index (χ0v) is 30.7. The van der Waals surface area contributed by atoms with Gasteiger partial charge in [-0.25, -0.2) is 0 Å². The van der Waals surface area contributed by atoms with Gasteiger partial charge in [-0.3, -0.25) is 0 Å². The average Bonchev–Trinajstić information content (AvgIpc) is 3.61. The standard InChI is InChI=1S/C54H36N2/c1-4-19-38(20-5-1)52-45-28-13-12-27-43(45)44-35-34-41(36-47(44)53(52)39-21-6-2-7-22-39)55(40-24-8-3-9-25-40)50-32-17-33-51-54(50)46-29-14-15-30-49(46)56(51)48-31-16-23-37-18-10-11-26-42(37)48/h1-36H. The second kappa shape index (κ2) is 13.2. The third kappa shape index (κ3) is 5.04. The first-order valence-corrected chi connectivity index (χ1v) is 19.3. The van der Waals surface area contributed by atoms with Crippen molar-refractivity contribution in [1.82, 2.24) is 4.57 Å². The molecule has 11 rings (SSSR count). The molecular formula is C54H36N2. The fourth-order valence-corrected chi connectivity index (χ4v) is 8.98. The number of aromatic nitrogens is 1. The molecule has 0 aliphatic rings. The summed E-state index contributed by atoms with van der Waals surface area (Å²) in [4.78, 5) is 2.45. The molecule has 0 radical (unpaired) electrons.